The van der Waals surface area contributed by atoms with Crippen LogP contribution in [-0.4, -0.2) is 177 Å². The summed E-state index contributed by atoms with van der Waals surface area (Å²) in [7, 11) is 0. The number of carboxylic acid groups (broad SMARTS) is 8. The summed E-state index contributed by atoms with van der Waals surface area (Å²) in [5, 5.41) is 72.5. The van der Waals surface area contributed by atoms with Crippen LogP contribution in [0.5, 0.6) is 0 Å². The maximum Gasteiger partial charge on any atom is 1.00 e. The first-order chi connectivity index (χ1) is 18.4. The van der Waals surface area contributed by atoms with Crippen LogP contribution in [0.25, 0.3) is 0 Å². The molecule has 26 nitrogen and oxygen atoms in total. The molecule has 0 heterocycles. The van der Waals surface area contributed by atoms with E-state index >= 15 is 0 Å². The minimum absolute atomic E-state index is 0. The van der Waals surface area contributed by atoms with E-state index in [4.69, 9.17) is 30.6 Å². The molecule has 0 saturated heterocycles. The third kappa shape index (κ3) is 50.2. The summed E-state index contributed by atoms with van der Waals surface area (Å²) in [6.07, 6.45) is 0. The molecular weight excluding hydrogens is 682 g/mol. The number of aliphatic carboxylic acids is 8. The van der Waals surface area contributed by atoms with Crippen LogP contribution in [0, 0.1) is 0 Å². The molecule has 0 aromatic carbocycles. The first-order valence-corrected chi connectivity index (χ1v) is 11.0. The Morgan fingerprint density at radius 3 is 0.562 bits per heavy atom. The van der Waals surface area contributed by atoms with Crippen molar-refractivity contribution >= 4 is 47.8 Å². The Hall–Kier alpha value is -2.64. The molecule has 0 aromatic rings. The van der Waals surface area contributed by atoms with E-state index in [0.29, 0.717) is 0 Å². The van der Waals surface area contributed by atoms with Crippen molar-refractivity contribution in [3.05, 3.63) is 0 Å². The van der Waals surface area contributed by atoms with Gasteiger partial charge in [-0.05, 0) is 0 Å². The van der Waals surface area contributed by atoms with Gasteiger partial charge in [0, 0.05) is 39.3 Å². The van der Waals surface area contributed by atoms with Gasteiger partial charge in [0.05, 0.1) is 51.2 Å². The zero-order valence-corrected chi connectivity index (χ0v) is 31.3. The summed E-state index contributed by atoms with van der Waals surface area (Å²) in [5.74, 6) is -10.4. The van der Waals surface area contributed by atoms with Gasteiger partial charge >= 0.3 is 94.9 Å². The van der Waals surface area contributed by atoms with Crippen molar-refractivity contribution in [3.63, 3.8) is 0 Å². The van der Waals surface area contributed by atoms with Gasteiger partial charge < -0.3 is 87.3 Å². The van der Waals surface area contributed by atoms with Crippen molar-refractivity contribution in [1.82, 2.24) is 56.5 Å². The van der Waals surface area contributed by atoms with E-state index in [-0.39, 0.29) is 122 Å². The third-order valence-electron chi connectivity index (χ3n) is 4.32. The van der Waals surface area contributed by atoms with Gasteiger partial charge in [-0.1, -0.05) is 0 Å². The van der Waals surface area contributed by atoms with Crippen LogP contribution in [0.1, 0.15) is 0 Å². The molecule has 0 radical (unpaired) electrons. The molecule has 0 atom stereocenters. The van der Waals surface area contributed by atoms with Gasteiger partial charge in [-0.15, -0.1) is 0 Å². The number of carbonyl (C=O) groups is 8. The second-order valence-electron chi connectivity index (χ2n) is 7.95. The Morgan fingerprint density at radius 2 is 0.458 bits per heavy atom. The predicted molar refractivity (Wildman–Crippen MR) is 152 cm³/mol. The van der Waals surface area contributed by atoms with Crippen molar-refractivity contribution in [3.8, 4) is 0 Å². The summed E-state index contributed by atoms with van der Waals surface area (Å²) in [6, 6.07) is 0. The zero-order valence-electron chi connectivity index (χ0n) is 27.3. The molecule has 0 saturated carbocycles. The minimum atomic E-state index is -1.51. The van der Waals surface area contributed by atoms with E-state index in [0.717, 1.165) is 19.6 Å². The average molecular weight is 731 g/mol. The van der Waals surface area contributed by atoms with E-state index in [9.17, 15) is 48.6 Å². The largest absolute Gasteiger partial charge is 1.00 e. The van der Waals surface area contributed by atoms with Gasteiger partial charge in [0.1, 0.15) is 0 Å². The molecule has 48 heavy (non-hydrogen) atoms. The monoisotopic (exact) mass is 730 g/mol. The van der Waals surface area contributed by atoms with Crippen molar-refractivity contribution in [2.24, 2.45) is 0 Å². The third-order valence-corrected chi connectivity index (χ3v) is 4.32. The summed E-state index contributed by atoms with van der Waals surface area (Å²) >= 11 is 0. The van der Waals surface area contributed by atoms with E-state index in [1.165, 1.54) is 0 Å². The summed E-state index contributed by atoms with van der Waals surface area (Å²) in [4.78, 5) is 88.3. The smallest absolute Gasteiger partial charge is 0.549 e. The summed E-state index contributed by atoms with van der Waals surface area (Å²) in [5.41, 5.74) is 0. The molecule has 0 aliphatic rings. The second-order valence-corrected chi connectivity index (χ2v) is 7.95. The summed E-state index contributed by atoms with van der Waals surface area (Å²) in [6.45, 7) is -5.00. The number of carbonyl (C=O) groups excluding carboxylic acids is 2. The van der Waals surface area contributed by atoms with Crippen molar-refractivity contribution in [2.45, 2.75) is 0 Å². The van der Waals surface area contributed by atoms with Crippen LogP contribution in [-0.2, 0) is 38.4 Å². The van der Waals surface area contributed by atoms with Crippen LogP contribution in [0.15, 0.2) is 0 Å². The molecule has 0 fully saturated rings. The van der Waals surface area contributed by atoms with Crippen LogP contribution < -0.4 is 106 Å². The van der Waals surface area contributed by atoms with E-state index in [1.54, 1.807) is 0 Å². The molecule has 0 rings (SSSR count). The Labute approximate surface area is 319 Å². The molecule has 0 bridgehead atoms. The topological polar surface area (TPSA) is 527 Å². The van der Waals surface area contributed by atoms with Gasteiger partial charge in [-0.2, -0.15) is 0 Å². The van der Waals surface area contributed by atoms with Crippen LogP contribution >= 0.6 is 0 Å². The molecule has 0 amide bonds. The van der Waals surface area contributed by atoms with Gasteiger partial charge in [-0.25, -0.2) is 0 Å². The molecule has 0 aromatic heterocycles. The fraction of sp³-hybridized carbons (Fsp3) is 0.600. The Bertz CT molecular complexity index is 731. The first-order valence-electron chi connectivity index (χ1n) is 11.0. The average Bonchev–Trinajstić information content (AvgIpc) is 2.72. The van der Waals surface area contributed by atoms with Crippen LogP contribution in [0.3, 0.4) is 0 Å². The standard InChI is InChI=1S/2C10H16N2O8.6H3N.2Na/c2*13-7(14)3-11(4-8(15)16)1-2-12(5-9(17)18)6-10(19)20;;;;;;;;/h2*1-6H2,(H,13,14)(H,15,16)(H,17,18)(H,19,20);6*1H3;;/q;;;;;;;;2*+1/p-2. The molecule has 0 spiro atoms. The molecule has 0 aliphatic heterocycles. The molecule has 24 N–H and O–H groups in total. The van der Waals surface area contributed by atoms with E-state index < -0.39 is 100 Å². The van der Waals surface area contributed by atoms with Crippen LogP contribution in [0.2, 0.25) is 0 Å². The van der Waals surface area contributed by atoms with Gasteiger partial charge in [-0.3, -0.25) is 48.4 Å². The SMILES string of the molecule is N.N.N.N.N.N.O=C(O)CN(CCN(CC(=O)O)CC(=O)O)CC(=O)O.O=C([O-])CN(CCN(CC(=O)O)CC(=O)O)CC(=O)[O-].[Na+].[Na+]. The maximum absolute atomic E-state index is 10.6. The molecule has 28 heteroatoms. The van der Waals surface area contributed by atoms with E-state index in [1.807, 2.05) is 0 Å². The molecule has 0 aliphatic carbocycles. The number of carboxylic acids is 8. The molecule has 276 valence electrons. The van der Waals surface area contributed by atoms with Crippen molar-refractivity contribution in [1.29, 1.82) is 0 Å². The van der Waals surface area contributed by atoms with Gasteiger partial charge in [0.2, 0.25) is 0 Å². The Balaban J connectivity index is -0.0000000645. The number of nitrogens with zero attached hydrogens (tertiary/aromatic N) is 4. The number of hydrogen-bond donors (Lipinski definition) is 12. The summed E-state index contributed by atoms with van der Waals surface area (Å²) < 4.78 is 0. The second kappa shape index (κ2) is 40.5. The quantitative estimate of drug-likeness (QED) is 0.0460. The van der Waals surface area contributed by atoms with Crippen molar-refractivity contribution in [2.75, 3.05) is 78.5 Å². The molecular formula is C20H48N10Na2O16. The number of rotatable bonds is 22. The Kier molecular flexibility index (Phi) is 60.3. The molecule has 0 unspecified atom stereocenters. The Morgan fingerprint density at radius 1 is 0.333 bits per heavy atom. The first kappa shape index (κ1) is 71.4. The zero-order chi connectivity index (χ0) is 31.4. The maximum atomic E-state index is 10.6. The fourth-order valence-corrected chi connectivity index (χ4v) is 2.93. The predicted octanol–water partition coefficient (Wildman–Crippen LogP) is -11.8. The van der Waals surface area contributed by atoms with Crippen LogP contribution in [0.4, 0.5) is 0 Å². The minimum Gasteiger partial charge on any atom is -0.549 e. The van der Waals surface area contributed by atoms with E-state index in [2.05, 4.69) is 0 Å². The fourth-order valence-electron chi connectivity index (χ4n) is 2.93. The normalized spacial score (nSPS) is 8.92. The van der Waals surface area contributed by atoms with Crippen molar-refractivity contribution < 1.29 is 138 Å². The van der Waals surface area contributed by atoms with Gasteiger partial charge in [0.15, 0.2) is 0 Å². The van der Waals surface area contributed by atoms with Gasteiger partial charge in [0.25, 0.3) is 0 Å². The number of hydrogen-bond acceptors (Lipinski definition) is 20.